The molecule has 0 aromatic carbocycles. The molecule has 0 saturated carbocycles. The fourth-order valence-corrected chi connectivity index (χ4v) is 6.53. The zero-order valence-electron chi connectivity index (χ0n) is 31.8. The van der Waals surface area contributed by atoms with Crippen molar-refractivity contribution >= 4 is 0 Å². The van der Waals surface area contributed by atoms with Crippen LogP contribution in [0, 0.1) is 0 Å². The van der Waals surface area contributed by atoms with Gasteiger partial charge in [-0.2, -0.15) is 0 Å². The summed E-state index contributed by atoms with van der Waals surface area (Å²) in [4.78, 5) is 2.22. The topological polar surface area (TPSA) is 21.7 Å². The molecule has 0 amide bonds. The third kappa shape index (κ3) is 26.8. The van der Waals surface area contributed by atoms with Gasteiger partial charge in [0.15, 0.2) is 0 Å². The number of rotatable bonds is 35. The maximum Gasteiger partial charge on any atom is 0.250 e. The Hall–Kier alpha value is -1.22. The highest BCUT2D eigenvalue weighted by Gasteiger charge is 2.37. The summed E-state index contributed by atoms with van der Waals surface area (Å²) < 4.78 is 12.9. The van der Waals surface area contributed by atoms with E-state index in [1.54, 1.807) is 0 Å². The van der Waals surface area contributed by atoms with E-state index >= 15 is 0 Å². The van der Waals surface area contributed by atoms with Crippen LogP contribution in [-0.2, 0) is 9.47 Å². The van der Waals surface area contributed by atoms with E-state index in [1.807, 2.05) is 6.26 Å². The van der Waals surface area contributed by atoms with E-state index in [-0.39, 0.29) is 0 Å². The van der Waals surface area contributed by atoms with Gasteiger partial charge in [0, 0.05) is 25.8 Å². The van der Waals surface area contributed by atoms with Crippen molar-refractivity contribution in [1.82, 2.24) is 4.90 Å². The molecule has 0 fully saturated rings. The molecule has 0 saturated heterocycles. The minimum atomic E-state index is -0.400. The fraction of sp³-hybridized carbons (Fsp3) is 0.860. The molecule has 1 aliphatic rings. The number of hydrogen-bond donors (Lipinski definition) is 0. The number of unbranched alkanes of at least 4 members (excludes halogenated alkanes) is 24. The van der Waals surface area contributed by atoms with Crippen molar-refractivity contribution in [3.05, 3.63) is 36.3 Å². The van der Waals surface area contributed by atoms with Gasteiger partial charge in [0.25, 0.3) is 0 Å². The van der Waals surface area contributed by atoms with Crippen molar-refractivity contribution in [2.24, 2.45) is 0 Å². The predicted octanol–water partition coefficient (Wildman–Crippen LogP) is 14.4. The normalized spacial score (nSPS) is 14.5. The van der Waals surface area contributed by atoms with E-state index in [9.17, 15) is 0 Å². The predicted molar refractivity (Wildman–Crippen MR) is 204 cm³/mol. The van der Waals surface area contributed by atoms with Gasteiger partial charge in [-0.05, 0) is 78.3 Å². The van der Waals surface area contributed by atoms with Gasteiger partial charge in [0.2, 0.25) is 5.79 Å². The van der Waals surface area contributed by atoms with E-state index in [0.717, 1.165) is 31.6 Å². The van der Waals surface area contributed by atoms with Crippen molar-refractivity contribution in [3.63, 3.8) is 0 Å². The summed E-state index contributed by atoms with van der Waals surface area (Å²) in [6.45, 7) is 5.59. The van der Waals surface area contributed by atoms with Crippen LogP contribution in [0.15, 0.2) is 36.3 Å². The number of ether oxygens (including phenoxy) is 2. The lowest BCUT2D eigenvalue weighted by Gasteiger charge is -2.29. The highest BCUT2D eigenvalue weighted by atomic mass is 16.7. The standard InChI is InChI=1S/C43H81NO2/c1-5-7-9-11-13-15-17-19-21-23-25-27-29-31-33-35-38-43(45-41-42(46-43)37-40-44(3)4)39-36-34-32-30-28-26-24-22-20-18-16-14-12-10-8-6-2/h19-22,41H,5-18,23-40H2,1-4H3/b21-19-,22-20-. The Kier molecular flexibility index (Phi) is 30.1. The Morgan fingerprint density at radius 2 is 0.848 bits per heavy atom. The van der Waals surface area contributed by atoms with Crippen LogP contribution in [0.4, 0.5) is 0 Å². The van der Waals surface area contributed by atoms with Crippen LogP contribution in [0.25, 0.3) is 0 Å². The largest absolute Gasteiger partial charge is 0.456 e. The van der Waals surface area contributed by atoms with Gasteiger partial charge in [-0.25, -0.2) is 0 Å². The minimum absolute atomic E-state index is 0.400. The second-order valence-corrected chi connectivity index (χ2v) is 14.6. The maximum atomic E-state index is 6.54. The van der Waals surface area contributed by atoms with Gasteiger partial charge < -0.3 is 14.4 Å². The first-order chi connectivity index (χ1) is 22.6. The van der Waals surface area contributed by atoms with E-state index in [4.69, 9.17) is 9.47 Å². The molecule has 0 aromatic heterocycles. The van der Waals surface area contributed by atoms with Crippen LogP contribution in [0.5, 0.6) is 0 Å². The zero-order chi connectivity index (χ0) is 33.2. The van der Waals surface area contributed by atoms with Crippen molar-refractivity contribution in [2.45, 2.75) is 219 Å². The molecular weight excluding hydrogens is 562 g/mol. The first-order valence-corrected chi connectivity index (χ1v) is 20.6. The SMILES string of the molecule is CCCCCCCC/C=C\CCCCCCCCC1(CCCCCCCC/C=C\CCCCCCCC)OC=C(CCN(C)C)O1. The smallest absolute Gasteiger partial charge is 0.250 e. The van der Waals surface area contributed by atoms with E-state index in [2.05, 4.69) is 57.1 Å². The van der Waals surface area contributed by atoms with Gasteiger partial charge in [0.05, 0.1) is 0 Å². The summed E-state index contributed by atoms with van der Waals surface area (Å²) in [5.74, 6) is 0.645. The lowest BCUT2D eigenvalue weighted by molar-refractivity contribution is -0.161. The lowest BCUT2D eigenvalue weighted by atomic mass is 9.98. The Bertz CT molecular complexity index is 682. The highest BCUT2D eigenvalue weighted by molar-refractivity contribution is 4.98. The summed E-state index contributed by atoms with van der Waals surface area (Å²) in [6, 6.07) is 0. The Labute approximate surface area is 289 Å². The molecule has 0 radical (unpaired) electrons. The van der Waals surface area contributed by atoms with E-state index in [0.29, 0.717) is 0 Å². The van der Waals surface area contributed by atoms with E-state index in [1.165, 1.54) is 180 Å². The van der Waals surface area contributed by atoms with Crippen LogP contribution < -0.4 is 0 Å². The van der Waals surface area contributed by atoms with Gasteiger partial charge in [-0.1, -0.05) is 154 Å². The second kappa shape index (κ2) is 32.3. The van der Waals surface area contributed by atoms with Gasteiger partial charge >= 0.3 is 0 Å². The van der Waals surface area contributed by atoms with Crippen molar-refractivity contribution in [1.29, 1.82) is 0 Å². The Morgan fingerprint density at radius 3 is 1.22 bits per heavy atom. The van der Waals surface area contributed by atoms with E-state index < -0.39 is 5.79 Å². The maximum absolute atomic E-state index is 6.54. The van der Waals surface area contributed by atoms with Crippen molar-refractivity contribution in [2.75, 3.05) is 20.6 Å². The lowest BCUT2D eigenvalue weighted by Crippen LogP contribution is -2.31. The molecule has 46 heavy (non-hydrogen) atoms. The molecule has 3 heteroatoms. The monoisotopic (exact) mass is 644 g/mol. The second-order valence-electron chi connectivity index (χ2n) is 14.6. The summed E-state index contributed by atoms with van der Waals surface area (Å²) in [7, 11) is 4.26. The molecule has 1 aliphatic heterocycles. The molecule has 0 aliphatic carbocycles. The van der Waals surface area contributed by atoms with Gasteiger partial charge in [-0.15, -0.1) is 0 Å². The third-order valence-electron chi connectivity index (χ3n) is 9.67. The number of allylic oxidation sites excluding steroid dienone is 4. The summed E-state index contributed by atoms with van der Waals surface area (Å²) in [5.41, 5.74) is 0. The molecule has 1 heterocycles. The molecule has 270 valence electrons. The molecule has 3 nitrogen and oxygen atoms in total. The van der Waals surface area contributed by atoms with Crippen LogP contribution in [0.3, 0.4) is 0 Å². The molecule has 1 rings (SSSR count). The van der Waals surface area contributed by atoms with Gasteiger partial charge in [-0.3, -0.25) is 0 Å². The first kappa shape index (κ1) is 42.8. The number of nitrogens with zero attached hydrogens (tertiary/aromatic N) is 1. The van der Waals surface area contributed by atoms with Crippen LogP contribution >= 0.6 is 0 Å². The first-order valence-electron chi connectivity index (χ1n) is 20.6. The fourth-order valence-electron chi connectivity index (χ4n) is 6.53. The molecule has 0 aromatic rings. The van der Waals surface area contributed by atoms with Crippen LogP contribution in [0.2, 0.25) is 0 Å². The molecular formula is C43H81NO2. The highest BCUT2D eigenvalue weighted by Crippen LogP contribution is 2.36. The van der Waals surface area contributed by atoms with Crippen LogP contribution in [-0.4, -0.2) is 31.3 Å². The van der Waals surface area contributed by atoms with Crippen LogP contribution in [0.1, 0.15) is 213 Å². The summed E-state index contributed by atoms with van der Waals surface area (Å²) in [6.07, 6.45) is 52.3. The molecule has 0 unspecified atom stereocenters. The Morgan fingerprint density at radius 1 is 0.500 bits per heavy atom. The summed E-state index contributed by atoms with van der Waals surface area (Å²) in [5, 5.41) is 0. The summed E-state index contributed by atoms with van der Waals surface area (Å²) >= 11 is 0. The Balaban J connectivity index is 2.13. The quantitative estimate of drug-likeness (QED) is 0.0506. The molecule has 0 N–H and O–H groups in total. The average Bonchev–Trinajstić information content (AvgIpc) is 3.46. The molecule has 0 spiro atoms. The molecule has 0 bridgehead atoms. The van der Waals surface area contributed by atoms with Gasteiger partial charge in [0.1, 0.15) is 12.0 Å². The number of hydrogen-bond acceptors (Lipinski definition) is 3. The minimum Gasteiger partial charge on any atom is -0.456 e. The van der Waals surface area contributed by atoms with Crippen molar-refractivity contribution < 1.29 is 9.47 Å². The molecule has 0 atom stereocenters. The van der Waals surface area contributed by atoms with Crippen molar-refractivity contribution in [3.8, 4) is 0 Å². The zero-order valence-corrected chi connectivity index (χ0v) is 31.8. The average molecular weight is 644 g/mol. The third-order valence-corrected chi connectivity index (χ3v) is 9.67.